The van der Waals surface area contributed by atoms with Gasteiger partial charge in [-0.1, -0.05) is 6.92 Å². The van der Waals surface area contributed by atoms with Crippen molar-refractivity contribution in [2.45, 2.75) is 25.5 Å². The minimum absolute atomic E-state index is 0.00292. The van der Waals surface area contributed by atoms with Crippen molar-refractivity contribution in [3.8, 4) is 0 Å². The Morgan fingerprint density at radius 1 is 1.67 bits per heavy atom. The lowest BCUT2D eigenvalue weighted by molar-refractivity contribution is -0.150. The zero-order valence-corrected chi connectivity index (χ0v) is 10.2. The number of esters is 1. The van der Waals surface area contributed by atoms with Crippen molar-refractivity contribution >= 4 is 17.7 Å². The molecular formula is C11H19NO2S. The molecule has 0 saturated carbocycles. The van der Waals surface area contributed by atoms with E-state index in [0.29, 0.717) is 11.9 Å². The van der Waals surface area contributed by atoms with E-state index in [9.17, 15) is 4.79 Å². The van der Waals surface area contributed by atoms with Gasteiger partial charge in [0.1, 0.15) is 0 Å². The normalized spacial score (nSPS) is 39.9. The van der Waals surface area contributed by atoms with Gasteiger partial charge in [-0.25, -0.2) is 0 Å². The third-order valence-corrected chi connectivity index (χ3v) is 5.22. The van der Waals surface area contributed by atoms with Crippen LogP contribution in [-0.2, 0) is 9.53 Å². The second kappa shape index (κ2) is 4.34. The summed E-state index contributed by atoms with van der Waals surface area (Å²) in [7, 11) is 0. The van der Waals surface area contributed by atoms with Crippen molar-refractivity contribution in [3.63, 3.8) is 0 Å². The second-order valence-corrected chi connectivity index (χ2v) is 5.88. The molecule has 2 fully saturated rings. The highest BCUT2D eigenvalue weighted by atomic mass is 32.2. The fourth-order valence-electron chi connectivity index (χ4n) is 2.82. The summed E-state index contributed by atoms with van der Waals surface area (Å²) in [4.78, 5) is 11.9. The number of rotatable bonds is 2. The SMILES string of the molecule is CCOC(=O)C1CNCC12CCSC2C. The van der Waals surface area contributed by atoms with E-state index < -0.39 is 0 Å². The molecule has 1 N–H and O–H groups in total. The van der Waals surface area contributed by atoms with E-state index in [1.165, 1.54) is 5.75 Å². The first kappa shape index (κ1) is 11.3. The third kappa shape index (κ3) is 1.78. The molecule has 1 spiro atoms. The molecule has 0 aromatic rings. The van der Waals surface area contributed by atoms with Crippen LogP contribution in [0.3, 0.4) is 0 Å². The maximum absolute atomic E-state index is 11.9. The van der Waals surface area contributed by atoms with Gasteiger partial charge in [0.2, 0.25) is 0 Å². The molecule has 0 bridgehead atoms. The van der Waals surface area contributed by atoms with Gasteiger partial charge in [0.25, 0.3) is 0 Å². The van der Waals surface area contributed by atoms with Crippen molar-refractivity contribution in [3.05, 3.63) is 0 Å². The molecule has 0 aromatic heterocycles. The molecule has 15 heavy (non-hydrogen) atoms. The maximum atomic E-state index is 11.9. The summed E-state index contributed by atoms with van der Waals surface area (Å²) in [5.74, 6) is 1.25. The molecule has 86 valence electrons. The van der Waals surface area contributed by atoms with Crippen LogP contribution in [0.2, 0.25) is 0 Å². The van der Waals surface area contributed by atoms with Crippen LogP contribution in [0.15, 0.2) is 0 Å². The maximum Gasteiger partial charge on any atom is 0.310 e. The van der Waals surface area contributed by atoms with Crippen LogP contribution in [-0.4, -0.2) is 36.7 Å². The number of ether oxygens (including phenoxy) is 1. The van der Waals surface area contributed by atoms with Crippen LogP contribution in [0.25, 0.3) is 0 Å². The largest absolute Gasteiger partial charge is 0.466 e. The van der Waals surface area contributed by atoms with Crippen molar-refractivity contribution < 1.29 is 9.53 Å². The average molecular weight is 229 g/mol. The monoisotopic (exact) mass is 229 g/mol. The molecule has 2 saturated heterocycles. The average Bonchev–Trinajstić information content (AvgIpc) is 2.77. The Morgan fingerprint density at radius 2 is 2.47 bits per heavy atom. The van der Waals surface area contributed by atoms with E-state index in [2.05, 4.69) is 12.2 Å². The molecule has 3 unspecified atom stereocenters. The molecule has 2 aliphatic rings. The van der Waals surface area contributed by atoms with Gasteiger partial charge < -0.3 is 10.1 Å². The Morgan fingerprint density at radius 3 is 3.07 bits per heavy atom. The van der Waals surface area contributed by atoms with Gasteiger partial charge in [-0.2, -0.15) is 11.8 Å². The molecule has 0 aromatic carbocycles. The fraction of sp³-hybridized carbons (Fsp3) is 0.909. The van der Waals surface area contributed by atoms with E-state index in [0.717, 1.165) is 19.5 Å². The Bertz CT molecular complexity index is 255. The summed E-state index contributed by atoms with van der Waals surface area (Å²) in [6, 6.07) is 0. The number of hydrogen-bond acceptors (Lipinski definition) is 4. The van der Waals surface area contributed by atoms with Gasteiger partial charge in [0, 0.05) is 23.8 Å². The first-order valence-electron chi connectivity index (χ1n) is 5.69. The summed E-state index contributed by atoms with van der Waals surface area (Å²) in [6.07, 6.45) is 1.15. The van der Waals surface area contributed by atoms with Crippen LogP contribution in [0, 0.1) is 11.3 Å². The molecule has 2 heterocycles. The second-order valence-electron chi connectivity index (χ2n) is 4.43. The van der Waals surface area contributed by atoms with E-state index in [-0.39, 0.29) is 17.3 Å². The number of thioether (sulfide) groups is 1. The lowest BCUT2D eigenvalue weighted by Crippen LogP contribution is -2.40. The Balaban J connectivity index is 2.13. The standard InChI is InChI=1S/C11H19NO2S/c1-3-14-10(13)9-6-12-7-11(9)4-5-15-8(11)2/h8-9,12H,3-7H2,1-2H3. The lowest BCUT2D eigenvalue weighted by atomic mass is 9.73. The predicted octanol–water partition coefficient (Wildman–Crippen LogP) is 1.28. The number of hydrogen-bond donors (Lipinski definition) is 1. The van der Waals surface area contributed by atoms with Gasteiger partial charge in [0.05, 0.1) is 12.5 Å². The number of carbonyl (C=O) groups excluding carboxylic acids is 1. The minimum Gasteiger partial charge on any atom is -0.466 e. The van der Waals surface area contributed by atoms with E-state index in [1.807, 2.05) is 18.7 Å². The van der Waals surface area contributed by atoms with Gasteiger partial charge in [-0.3, -0.25) is 4.79 Å². The third-order valence-electron chi connectivity index (χ3n) is 3.81. The highest BCUT2D eigenvalue weighted by Gasteiger charge is 2.53. The van der Waals surface area contributed by atoms with Gasteiger partial charge in [-0.15, -0.1) is 0 Å². The molecular weight excluding hydrogens is 210 g/mol. The summed E-state index contributed by atoms with van der Waals surface area (Å²) >= 11 is 1.98. The summed E-state index contributed by atoms with van der Waals surface area (Å²) in [6.45, 7) is 6.39. The molecule has 0 amide bonds. The summed E-state index contributed by atoms with van der Waals surface area (Å²) in [5, 5.41) is 3.93. The van der Waals surface area contributed by atoms with Crippen LogP contribution >= 0.6 is 11.8 Å². The Hall–Kier alpha value is -0.220. The summed E-state index contributed by atoms with van der Waals surface area (Å²) < 4.78 is 5.17. The van der Waals surface area contributed by atoms with Crippen LogP contribution in [0.4, 0.5) is 0 Å². The zero-order valence-electron chi connectivity index (χ0n) is 9.41. The van der Waals surface area contributed by atoms with Crippen LogP contribution < -0.4 is 5.32 Å². The van der Waals surface area contributed by atoms with Crippen molar-refractivity contribution in [2.24, 2.45) is 11.3 Å². The molecule has 0 aliphatic carbocycles. The first-order valence-corrected chi connectivity index (χ1v) is 6.74. The van der Waals surface area contributed by atoms with Crippen molar-refractivity contribution in [1.82, 2.24) is 5.32 Å². The quantitative estimate of drug-likeness (QED) is 0.724. The van der Waals surface area contributed by atoms with Gasteiger partial charge in [0.15, 0.2) is 0 Å². The molecule has 0 radical (unpaired) electrons. The highest BCUT2D eigenvalue weighted by Crippen LogP contribution is 2.50. The van der Waals surface area contributed by atoms with Crippen molar-refractivity contribution in [1.29, 1.82) is 0 Å². The van der Waals surface area contributed by atoms with Crippen LogP contribution in [0.1, 0.15) is 20.3 Å². The molecule has 2 rings (SSSR count). The zero-order chi connectivity index (χ0) is 10.9. The van der Waals surface area contributed by atoms with E-state index >= 15 is 0 Å². The smallest absolute Gasteiger partial charge is 0.310 e. The fourth-order valence-corrected chi connectivity index (χ4v) is 4.37. The lowest BCUT2D eigenvalue weighted by Gasteiger charge is -2.32. The molecule has 4 heteroatoms. The number of nitrogens with one attached hydrogen (secondary N) is 1. The van der Waals surface area contributed by atoms with E-state index in [4.69, 9.17) is 4.74 Å². The molecule has 3 atom stereocenters. The first-order chi connectivity index (χ1) is 7.20. The van der Waals surface area contributed by atoms with Gasteiger partial charge in [-0.05, 0) is 19.1 Å². The molecule has 2 aliphatic heterocycles. The Kier molecular flexibility index (Phi) is 3.26. The van der Waals surface area contributed by atoms with E-state index in [1.54, 1.807) is 0 Å². The summed E-state index contributed by atoms with van der Waals surface area (Å²) in [5.41, 5.74) is 0.164. The minimum atomic E-state index is -0.00292. The number of carbonyl (C=O) groups is 1. The topological polar surface area (TPSA) is 38.3 Å². The Labute approximate surface area is 95.3 Å². The predicted molar refractivity (Wildman–Crippen MR) is 62.0 cm³/mol. The molecule has 3 nitrogen and oxygen atoms in total. The van der Waals surface area contributed by atoms with Crippen LogP contribution in [0.5, 0.6) is 0 Å². The highest BCUT2D eigenvalue weighted by molar-refractivity contribution is 8.00. The van der Waals surface area contributed by atoms with Crippen molar-refractivity contribution in [2.75, 3.05) is 25.4 Å². The van der Waals surface area contributed by atoms with Gasteiger partial charge >= 0.3 is 5.97 Å².